The number of nitrogens with two attached hydrogens (primary N) is 1. The minimum atomic E-state index is -0.182. The number of fused-ring (bicyclic) bond motifs is 5. The van der Waals surface area contributed by atoms with Crippen LogP contribution < -0.4 is 16.4 Å². The molecule has 4 aliphatic rings. The number of hydrogen-bond acceptors (Lipinski definition) is 5. The summed E-state index contributed by atoms with van der Waals surface area (Å²) in [6.07, 6.45) is 13.6. The van der Waals surface area contributed by atoms with Crippen LogP contribution in [0.5, 0.6) is 0 Å². The summed E-state index contributed by atoms with van der Waals surface area (Å²) in [5.74, 6) is 5.18. The minimum Gasteiger partial charge on any atom is -0.393 e. The fourth-order valence-electron chi connectivity index (χ4n) is 10.4. The quantitative estimate of drug-likeness (QED) is 0.191. The molecular formula is C35H65N3O2. The maximum Gasteiger partial charge on any atom is 0.137 e. The van der Waals surface area contributed by atoms with Gasteiger partial charge in [0.25, 0.3) is 0 Å². The second kappa shape index (κ2) is 13.9. The average Bonchev–Trinajstić information content (AvgIpc) is 3.35. The SMILES string of the molecule is CC(C)C(O)CC[C@H](C)C1CCC2C3C(=O)C[C@@]4(C)C[C@@H](NCCCNCCCCN)CC[C@]4(C)C3C[C@@H](C)C21. The molecule has 11 atom stereocenters. The molecule has 5 N–H and O–H groups in total. The molecule has 0 aromatic rings. The second-order valence-electron chi connectivity index (χ2n) is 15.8. The Hall–Kier alpha value is -0.490. The molecule has 0 amide bonds. The van der Waals surface area contributed by atoms with Crippen LogP contribution in [-0.4, -0.2) is 49.2 Å². The molecule has 4 saturated carbocycles. The lowest BCUT2D eigenvalue weighted by atomic mass is 9.40. The minimum absolute atomic E-state index is 0.118. The molecule has 4 fully saturated rings. The number of nitrogens with one attached hydrogen (secondary N) is 2. The van der Waals surface area contributed by atoms with Crippen LogP contribution in [-0.2, 0) is 4.79 Å². The predicted molar refractivity (Wildman–Crippen MR) is 167 cm³/mol. The van der Waals surface area contributed by atoms with E-state index >= 15 is 0 Å². The van der Waals surface area contributed by atoms with Gasteiger partial charge in [-0.25, -0.2) is 0 Å². The van der Waals surface area contributed by atoms with Crippen molar-refractivity contribution in [2.45, 2.75) is 131 Å². The maximum absolute atomic E-state index is 14.1. The van der Waals surface area contributed by atoms with Gasteiger partial charge in [-0.1, -0.05) is 41.5 Å². The summed E-state index contributed by atoms with van der Waals surface area (Å²) in [7, 11) is 0. The number of carbonyl (C=O) groups excluding carboxylic acids is 1. The monoisotopic (exact) mass is 560 g/mol. The van der Waals surface area contributed by atoms with Crippen LogP contribution in [0.15, 0.2) is 0 Å². The van der Waals surface area contributed by atoms with Gasteiger partial charge in [0.05, 0.1) is 6.10 Å². The van der Waals surface area contributed by atoms with Crippen molar-refractivity contribution in [3.8, 4) is 0 Å². The number of aliphatic hydroxyl groups excluding tert-OH is 1. The number of aliphatic hydroxyl groups is 1. The molecule has 232 valence electrons. The first-order chi connectivity index (χ1) is 19.0. The van der Waals surface area contributed by atoms with E-state index in [0.29, 0.717) is 53.3 Å². The zero-order valence-corrected chi connectivity index (χ0v) is 27.0. The number of rotatable bonds is 14. The van der Waals surface area contributed by atoms with Crippen LogP contribution in [0.1, 0.15) is 119 Å². The topological polar surface area (TPSA) is 87.4 Å². The lowest BCUT2D eigenvalue weighted by Crippen LogP contribution is -2.62. The summed E-state index contributed by atoms with van der Waals surface area (Å²) >= 11 is 0. The molecule has 5 nitrogen and oxygen atoms in total. The molecule has 6 unspecified atom stereocenters. The third kappa shape index (κ3) is 6.68. The van der Waals surface area contributed by atoms with Gasteiger partial charge in [0.2, 0.25) is 0 Å². The zero-order valence-electron chi connectivity index (χ0n) is 27.0. The molecule has 5 heteroatoms. The highest BCUT2D eigenvalue weighted by atomic mass is 16.3. The lowest BCUT2D eigenvalue weighted by molar-refractivity contribution is -0.172. The largest absolute Gasteiger partial charge is 0.393 e. The van der Waals surface area contributed by atoms with E-state index in [1.165, 1.54) is 38.5 Å². The van der Waals surface area contributed by atoms with Gasteiger partial charge in [-0.05, 0) is 149 Å². The van der Waals surface area contributed by atoms with Gasteiger partial charge >= 0.3 is 0 Å². The van der Waals surface area contributed by atoms with Gasteiger partial charge in [-0.3, -0.25) is 4.79 Å². The molecule has 0 bridgehead atoms. The Balaban J connectivity index is 1.35. The number of carbonyl (C=O) groups is 1. The first-order valence-corrected chi connectivity index (χ1v) is 17.4. The average molecular weight is 560 g/mol. The molecular weight excluding hydrogens is 494 g/mol. The first kappa shape index (κ1) is 32.4. The van der Waals surface area contributed by atoms with E-state index in [4.69, 9.17) is 5.73 Å². The Morgan fingerprint density at radius 1 is 1.02 bits per heavy atom. The third-order valence-corrected chi connectivity index (χ3v) is 13.0. The molecule has 0 aromatic heterocycles. The number of ketones is 1. The molecule has 40 heavy (non-hydrogen) atoms. The summed E-state index contributed by atoms with van der Waals surface area (Å²) in [5, 5.41) is 17.9. The lowest BCUT2D eigenvalue weighted by Gasteiger charge is -2.64. The third-order valence-electron chi connectivity index (χ3n) is 13.0. The van der Waals surface area contributed by atoms with Crippen molar-refractivity contribution in [2.24, 2.45) is 63.9 Å². The van der Waals surface area contributed by atoms with Gasteiger partial charge in [-0.15, -0.1) is 0 Å². The number of unbranched alkanes of at least 4 members (excludes halogenated alkanes) is 1. The predicted octanol–water partition coefficient (Wildman–Crippen LogP) is 6.18. The summed E-state index contributed by atoms with van der Waals surface area (Å²) in [6, 6.07) is 0.548. The molecule has 0 spiro atoms. The van der Waals surface area contributed by atoms with Crippen molar-refractivity contribution in [1.29, 1.82) is 0 Å². The summed E-state index contributed by atoms with van der Waals surface area (Å²) in [5.41, 5.74) is 5.98. The number of hydrogen-bond donors (Lipinski definition) is 4. The van der Waals surface area contributed by atoms with Crippen LogP contribution in [0.25, 0.3) is 0 Å². The molecule has 4 aliphatic carbocycles. The van der Waals surface area contributed by atoms with E-state index in [1.807, 2.05) is 0 Å². The van der Waals surface area contributed by atoms with Crippen molar-refractivity contribution in [1.82, 2.24) is 10.6 Å². The molecule has 0 aromatic carbocycles. The van der Waals surface area contributed by atoms with Crippen molar-refractivity contribution in [3.05, 3.63) is 0 Å². The van der Waals surface area contributed by atoms with E-state index in [1.54, 1.807) is 0 Å². The van der Waals surface area contributed by atoms with E-state index in [0.717, 1.165) is 70.6 Å². The molecule has 0 saturated heterocycles. The summed E-state index contributed by atoms with van der Waals surface area (Å²) < 4.78 is 0. The fraction of sp³-hybridized carbons (Fsp3) is 0.971. The van der Waals surface area contributed by atoms with E-state index in [9.17, 15) is 9.90 Å². The van der Waals surface area contributed by atoms with Gasteiger partial charge in [0.1, 0.15) is 5.78 Å². The van der Waals surface area contributed by atoms with Crippen molar-refractivity contribution in [3.63, 3.8) is 0 Å². The van der Waals surface area contributed by atoms with Crippen molar-refractivity contribution >= 4 is 5.78 Å². The van der Waals surface area contributed by atoms with Crippen molar-refractivity contribution in [2.75, 3.05) is 26.2 Å². The molecule has 0 heterocycles. The van der Waals surface area contributed by atoms with Gasteiger partial charge in [0, 0.05) is 18.4 Å². The van der Waals surface area contributed by atoms with Gasteiger partial charge in [-0.2, -0.15) is 0 Å². The maximum atomic E-state index is 14.1. The fourth-order valence-corrected chi connectivity index (χ4v) is 10.4. The first-order valence-electron chi connectivity index (χ1n) is 17.4. The second-order valence-corrected chi connectivity index (χ2v) is 15.8. The Morgan fingerprint density at radius 2 is 1.77 bits per heavy atom. The van der Waals surface area contributed by atoms with E-state index in [2.05, 4.69) is 52.2 Å². The van der Waals surface area contributed by atoms with Crippen LogP contribution in [0, 0.1) is 58.2 Å². The molecule has 0 radical (unpaired) electrons. The van der Waals surface area contributed by atoms with Gasteiger partial charge in [0.15, 0.2) is 0 Å². The Morgan fingerprint density at radius 3 is 2.50 bits per heavy atom. The highest BCUT2D eigenvalue weighted by Crippen LogP contribution is 2.68. The molecule has 0 aliphatic heterocycles. The summed E-state index contributed by atoms with van der Waals surface area (Å²) in [4.78, 5) is 14.1. The van der Waals surface area contributed by atoms with Crippen LogP contribution in [0.3, 0.4) is 0 Å². The number of Topliss-reactive ketones (excluding diaryl/α,β-unsaturated/α-hetero) is 1. The standard InChI is InChI=1S/C35H65N3O2/c1-23(2)30(39)13-10-24(3)27-11-12-28-32(27)25(4)20-29-33(28)31(40)22-34(5)21-26(14-15-35(29,34)6)38-19-9-18-37-17-8-7-16-36/h23-30,32-33,37-39H,7-22,36H2,1-6H3/t24-,25+,26-,27?,28?,29?,30?,32?,33?,34+,35+/m0/s1. The Bertz CT molecular complexity index is 818. The van der Waals surface area contributed by atoms with Crippen LogP contribution in [0.2, 0.25) is 0 Å². The van der Waals surface area contributed by atoms with Crippen molar-refractivity contribution < 1.29 is 9.90 Å². The summed E-state index contributed by atoms with van der Waals surface area (Å²) in [6.45, 7) is 18.3. The van der Waals surface area contributed by atoms with E-state index < -0.39 is 0 Å². The van der Waals surface area contributed by atoms with E-state index in [-0.39, 0.29) is 16.9 Å². The Kier molecular flexibility index (Phi) is 11.2. The normalized spacial score (nSPS) is 40.9. The van der Waals surface area contributed by atoms with Gasteiger partial charge < -0.3 is 21.5 Å². The zero-order chi connectivity index (χ0) is 29.1. The highest BCUT2D eigenvalue weighted by Gasteiger charge is 2.64. The van der Waals surface area contributed by atoms with Crippen LogP contribution >= 0.6 is 0 Å². The van der Waals surface area contributed by atoms with Crippen LogP contribution in [0.4, 0.5) is 0 Å². The Labute approximate surface area is 247 Å². The smallest absolute Gasteiger partial charge is 0.137 e. The highest BCUT2D eigenvalue weighted by molar-refractivity contribution is 5.84. The molecule has 4 rings (SSSR count).